The molecule has 1 aliphatic carbocycles. The number of hydrogen-bond acceptors (Lipinski definition) is 6. The fraction of sp³-hybridized carbons (Fsp3) is 0.739. The van der Waals surface area contributed by atoms with Gasteiger partial charge in [0.1, 0.15) is 11.5 Å². The molecule has 2 aromatic rings. The number of carboxylic acids is 2. The number of hydrogen-bond donors (Lipinski definition) is 4. The maximum Gasteiger partial charge on any atom is 0.414 e. The molecule has 0 aliphatic heterocycles. The Balaban J connectivity index is -0.00000560. The van der Waals surface area contributed by atoms with Crippen LogP contribution in [0.4, 0.5) is 0 Å². The molecule has 1 fully saturated rings. The van der Waals surface area contributed by atoms with Gasteiger partial charge in [-0.05, 0) is 149 Å². The van der Waals surface area contributed by atoms with E-state index in [-0.39, 0.29) is 62.0 Å². The normalized spacial score (nSPS) is 14.8. The van der Waals surface area contributed by atoms with Crippen LogP contribution in [0, 0.1) is 28.7 Å². The molecule has 2 atom stereocenters. The average Bonchev–Trinajstić information content (AvgIpc) is 3.41. The second-order valence-electron chi connectivity index (χ2n) is 24.2. The molecule has 467 valence electrons. The van der Waals surface area contributed by atoms with Crippen molar-refractivity contribution in [3.63, 3.8) is 0 Å². The molecule has 2 aromatic carbocycles. The predicted molar refractivity (Wildman–Crippen MR) is 343 cm³/mol. The standard InChI is InChI=1S/C64H112N4O2.C2H2O4.CH4.2CH3.Co/c1-13-21-35-63(11,36-22-14-2)57-47-53(9)61(69)55(49-57)51-65-59-33-29-30-34-60(59)66-52-56-50-58(48-54(10)62(56)70)64(12,37-31-45-67(39-23-15-3,40-24-16-4)41-25-17-5)38-32-46-68(42-26-18-6,43-27-19-7)44-28-20-8;3-1(4)2(5)6;;;;/h47-52,59-60H,13-46H2,1-12H3;(H,3,4)(H,5,6);1H4;2*1H3;/q;;;2*-1;/p+2. The van der Waals surface area contributed by atoms with Crippen molar-refractivity contribution in [1.29, 1.82) is 0 Å². The second kappa shape index (κ2) is 43.4. The van der Waals surface area contributed by atoms with Crippen LogP contribution in [0.1, 0.15) is 277 Å². The summed E-state index contributed by atoms with van der Waals surface area (Å²) >= 11 is 0. The van der Waals surface area contributed by atoms with Crippen LogP contribution in [0.5, 0.6) is 11.5 Å². The number of rotatable bonds is 38. The smallest absolute Gasteiger partial charge is 0.414 e. The molecule has 2 unspecified atom stereocenters. The Hall–Kier alpha value is -3.25. The molecule has 0 spiro atoms. The molecule has 11 heteroatoms. The Morgan fingerprint density at radius 1 is 0.487 bits per heavy atom. The Morgan fingerprint density at radius 3 is 0.988 bits per heavy atom. The van der Waals surface area contributed by atoms with Crippen LogP contribution >= 0.6 is 0 Å². The molecule has 10 nitrogen and oxygen atoms in total. The molecule has 0 bridgehead atoms. The fourth-order valence-corrected chi connectivity index (χ4v) is 12.2. The van der Waals surface area contributed by atoms with Crippen LogP contribution in [0.25, 0.3) is 0 Å². The first-order valence-electron chi connectivity index (χ1n) is 31.2. The van der Waals surface area contributed by atoms with Gasteiger partial charge in [-0.15, -0.1) is 0 Å². The molecule has 1 radical (unpaired) electrons. The second-order valence-corrected chi connectivity index (χ2v) is 24.2. The molecule has 0 amide bonds. The Kier molecular flexibility index (Phi) is 43.9. The van der Waals surface area contributed by atoms with Gasteiger partial charge in [0.25, 0.3) is 0 Å². The Bertz CT molecular complexity index is 1920. The van der Waals surface area contributed by atoms with Gasteiger partial charge in [0, 0.05) is 40.3 Å². The minimum absolute atomic E-state index is 0. The van der Waals surface area contributed by atoms with Gasteiger partial charge >= 0.3 is 11.9 Å². The van der Waals surface area contributed by atoms with E-state index < -0.39 is 11.9 Å². The maximum absolute atomic E-state index is 11.8. The van der Waals surface area contributed by atoms with Crippen molar-refractivity contribution in [1.82, 2.24) is 0 Å². The van der Waals surface area contributed by atoms with E-state index in [0.29, 0.717) is 11.5 Å². The number of quaternary nitrogens is 2. The number of aliphatic carboxylic acids is 2. The third-order valence-corrected chi connectivity index (χ3v) is 17.5. The minimum atomic E-state index is -1.82. The number of phenols is 2. The summed E-state index contributed by atoms with van der Waals surface area (Å²) in [5.41, 5.74) is 6.34. The van der Waals surface area contributed by atoms with Crippen molar-refractivity contribution >= 4 is 24.4 Å². The van der Waals surface area contributed by atoms with Gasteiger partial charge in [0.15, 0.2) is 0 Å². The van der Waals surface area contributed by atoms with E-state index in [9.17, 15) is 10.2 Å². The van der Waals surface area contributed by atoms with Crippen molar-refractivity contribution in [2.45, 2.75) is 280 Å². The summed E-state index contributed by atoms with van der Waals surface area (Å²) in [5.74, 6) is -2.94. The summed E-state index contributed by atoms with van der Waals surface area (Å²) in [4.78, 5) is 28.8. The van der Waals surface area contributed by atoms with Crippen molar-refractivity contribution in [2.24, 2.45) is 9.98 Å². The summed E-state index contributed by atoms with van der Waals surface area (Å²) in [6.45, 7) is 38.3. The fourth-order valence-electron chi connectivity index (χ4n) is 12.2. The van der Waals surface area contributed by atoms with E-state index >= 15 is 0 Å². The monoisotopic (exact) mass is 1170 g/mol. The number of phenolic OH excluding ortho intramolecular Hbond substituents is 2. The van der Waals surface area contributed by atoms with Crippen LogP contribution in [-0.2, 0) is 37.2 Å². The number of benzene rings is 2. The third-order valence-electron chi connectivity index (χ3n) is 17.5. The van der Waals surface area contributed by atoms with Crippen LogP contribution < -0.4 is 0 Å². The average molecular weight is 1170 g/mol. The van der Waals surface area contributed by atoms with Crippen LogP contribution in [0.3, 0.4) is 0 Å². The van der Waals surface area contributed by atoms with Crippen LogP contribution in [0.2, 0.25) is 0 Å². The molecule has 0 heterocycles. The van der Waals surface area contributed by atoms with Crippen molar-refractivity contribution < 1.29 is 55.8 Å². The number of nitrogens with zero attached hydrogens (tertiary/aromatic N) is 4. The number of aliphatic imine (C=N–C) groups is 2. The van der Waals surface area contributed by atoms with E-state index in [0.717, 1.165) is 60.8 Å². The summed E-state index contributed by atoms with van der Waals surface area (Å²) in [6.07, 6.45) is 35.6. The van der Waals surface area contributed by atoms with E-state index in [4.69, 9.17) is 29.8 Å². The summed E-state index contributed by atoms with van der Waals surface area (Å²) in [6, 6.07) is 9.18. The van der Waals surface area contributed by atoms with Gasteiger partial charge in [-0.3, -0.25) is 9.98 Å². The topological polar surface area (TPSA) is 140 Å². The summed E-state index contributed by atoms with van der Waals surface area (Å²) in [5, 5.41) is 38.0. The Labute approximate surface area is 504 Å². The van der Waals surface area contributed by atoms with Gasteiger partial charge < -0.3 is 44.2 Å². The molecule has 1 saturated carbocycles. The summed E-state index contributed by atoms with van der Waals surface area (Å²) in [7, 11) is 0. The number of aromatic hydroxyl groups is 2. The van der Waals surface area contributed by atoms with Gasteiger partial charge in [0.2, 0.25) is 0 Å². The zero-order valence-corrected chi connectivity index (χ0v) is 54.4. The molecule has 80 heavy (non-hydrogen) atoms. The van der Waals surface area contributed by atoms with E-state index in [1.165, 1.54) is 201 Å². The number of carboxylic acid groups (broad SMARTS) is 2. The SMILES string of the molecule is C.CCCCC(C)(CCCC)c1cc(C)c(O)c(C=NC2CCCCC2N=Cc2cc(C(C)(CCC[N+](CCCC)(CCCC)CCCC)CCC[N+](CCCC)(CCCC)CCCC)cc(C)c2O)c1.O=C(O)C(=O)O.[CH3-].[CH3-].[Co]. The van der Waals surface area contributed by atoms with Crippen LogP contribution in [0.15, 0.2) is 34.3 Å². The van der Waals surface area contributed by atoms with E-state index in [2.05, 4.69) is 100 Å². The Morgan fingerprint density at radius 2 is 0.738 bits per heavy atom. The summed E-state index contributed by atoms with van der Waals surface area (Å²) < 4.78 is 2.58. The third kappa shape index (κ3) is 27.4. The molecule has 3 rings (SSSR count). The molecule has 4 N–H and O–H groups in total. The molecule has 0 saturated heterocycles. The number of aryl methyl sites for hydroxylation is 2. The zero-order chi connectivity index (χ0) is 56.6. The van der Waals surface area contributed by atoms with Gasteiger partial charge in [-0.1, -0.05) is 166 Å². The van der Waals surface area contributed by atoms with Crippen molar-refractivity contribution in [2.75, 3.05) is 52.4 Å². The van der Waals surface area contributed by atoms with Crippen LogP contribution in [-0.4, -0.2) is 118 Å². The van der Waals surface area contributed by atoms with Gasteiger partial charge in [-0.25, -0.2) is 9.59 Å². The van der Waals surface area contributed by atoms with E-state index in [1.54, 1.807) is 0 Å². The van der Waals surface area contributed by atoms with E-state index in [1.807, 2.05) is 19.4 Å². The largest absolute Gasteiger partial charge is 0.507 e. The predicted octanol–water partition coefficient (Wildman–Crippen LogP) is 18.1. The first kappa shape index (κ1) is 81.0. The van der Waals surface area contributed by atoms with Gasteiger partial charge in [0.05, 0.1) is 64.4 Å². The first-order valence-corrected chi connectivity index (χ1v) is 31.2. The molecule has 0 aromatic heterocycles. The van der Waals surface area contributed by atoms with Crippen molar-refractivity contribution in [3.05, 3.63) is 72.5 Å². The zero-order valence-electron chi connectivity index (χ0n) is 53.4. The minimum Gasteiger partial charge on any atom is -0.507 e. The first-order chi connectivity index (χ1) is 36.3. The quantitative estimate of drug-likeness (QED) is 0.0229. The van der Waals surface area contributed by atoms with Crippen molar-refractivity contribution in [3.8, 4) is 11.5 Å². The number of carbonyl (C=O) groups is 2. The molecular formula is C69H126CoN4O6. The maximum atomic E-state index is 11.8. The number of unbranched alkanes of at least 4 members (excludes halogenated alkanes) is 8. The molecule has 1 aliphatic rings. The van der Waals surface area contributed by atoms with Gasteiger partial charge in [-0.2, -0.15) is 0 Å². The molecular weight excluding hydrogens is 1040 g/mol.